The van der Waals surface area contributed by atoms with Crippen molar-refractivity contribution in [2.75, 3.05) is 37.6 Å². The third-order valence-electron chi connectivity index (χ3n) is 4.49. The van der Waals surface area contributed by atoms with E-state index in [0.717, 1.165) is 37.7 Å². The van der Waals surface area contributed by atoms with Crippen LogP contribution in [0.25, 0.3) is 0 Å². The standard InChI is InChI=1S/C18H24N4OS/c1-15(17(23)19-8-7-16-5-3-2-4-6-16)21-10-12-22(13-11-21)18-20-9-14-24-18/h2-6,9,14-15H,7-8,10-13H2,1H3,(H,19,23)/t15-/m0/s1. The monoisotopic (exact) mass is 344 g/mol. The van der Waals surface area contributed by atoms with Crippen LogP contribution in [-0.4, -0.2) is 54.6 Å². The van der Waals surface area contributed by atoms with Crippen molar-refractivity contribution in [1.29, 1.82) is 0 Å². The molecule has 0 saturated carbocycles. The second kappa shape index (κ2) is 8.26. The molecular weight excluding hydrogens is 320 g/mol. The number of amides is 1. The zero-order chi connectivity index (χ0) is 16.8. The van der Waals surface area contributed by atoms with Crippen molar-refractivity contribution < 1.29 is 4.79 Å². The molecule has 128 valence electrons. The molecule has 0 radical (unpaired) electrons. The fourth-order valence-electron chi connectivity index (χ4n) is 2.96. The van der Waals surface area contributed by atoms with Gasteiger partial charge in [0, 0.05) is 44.3 Å². The lowest BCUT2D eigenvalue weighted by Crippen LogP contribution is -2.54. The van der Waals surface area contributed by atoms with Crippen LogP contribution >= 0.6 is 11.3 Å². The highest BCUT2D eigenvalue weighted by atomic mass is 32.1. The molecule has 1 aliphatic rings. The summed E-state index contributed by atoms with van der Waals surface area (Å²) < 4.78 is 0. The van der Waals surface area contributed by atoms with E-state index in [1.165, 1.54) is 5.56 Å². The van der Waals surface area contributed by atoms with Crippen LogP contribution in [0.4, 0.5) is 5.13 Å². The summed E-state index contributed by atoms with van der Waals surface area (Å²) >= 11 is 1.67. The number of hydrogen-bond donors (Lipinski definition) is 1. The average Bonchev–Trinajstić information content (AvgIpc) is 3.17. The van der Waals surface area contributed by atoms with E-state index in [1.807, 2.05) is 36.7 Å². The molecule has 1 aliphatic heterocycles. The zero-order valence-corrected chi connectivity index (χ0v) is 14.8. The lowest BCUT2D eigenvalue weighted by molar-refractivity contribution is -0.125. The fraction of sp³-hybridized carbons (Fsp3) is 0.444. The van der Waals surface area contributed by atoms with Gasteiger partial charge < -0.3 is 10.2 Å². The highest BCUT2D eigenvalue weighted by Crippen LogP contribution is 2.19. The molecule has 1 aromatic heterocycles. The largest absolute Gasteiger partial charge is 0.354 e. The Kier molecular flexibility index (Phi) is 5.82. The molecule has 0 aliphatic carbocycles. The van der Waals surface area contributed by atoms with Crippen molar-refractivity contribution in [3.63, 3.8) is 0 Å². The molecule has 1 aromatic carbocycles. The first-order valence-electron chi connectivity index (χ1n) is 8.44. The Morgan fingerprint density at radius 2 is 2.00 bits per heavy atom. The van der Waals surface area contributed by atoms with E-state index < -0.39 is 0 Å². The maximum Gasteiger partial charge on any atom is 0.237 e. The van der Waals surface area contributed by atoms with E-state index in [1.54, 1.807) is 11.3 Å². The number of thiazole rings is 1. The first-order chi connectivity index (χ1) is 11.7. The molecule has 1 N–H and O–H groups in total. The molecule has 5 nitrogen and oxygen atoms in total. The van der Waals surface area contributed by atoms with Crippen LogP contribution in [0.5, 0.6) is 0 Å². The summed E-state index contributed by atoms with van der Waals surface area (Å²) in [7, 11) is 0. The summed E-state index contributed by atoms with van der Waals surface area (Å²) in [4.78, 5) is 21.3. The van der Waals surface area contributed by atoms with Crippen molar-refractivity contribution in [3.05, 3.63) is 47.5 Å². The summed E-state index contributed by atoms with van der Waals surface area (Å²) in [5, 5.41) is 6.15. The third-order valence-corrected chi connectivity index (χ3v) is 5.32. The van der Waals surface area contributed by atoms with Gasteiger partial charge >= 0.3 is 0 Å². The third kappa shape index (κ3) is 4.33. The van der Waals surface area contributed by atoms with Crippen LogP contribution in [-0.2, 0) is 11.2 Å². The van der Waals surface area contributed by atoms with Crippen LogP contribution in [0.15, 0.2) is 41.9 Å². The highest BCUT2D eigenvalue weighted by molar-refractivity contribution is 7.13. The van der Waals surface area contributed by atoms with Gasteiger partial charge in [-0.3, -0.25) is 9.69 Å². The molecule has 1 saturated heterocycles. The Balaban J connectivity index is 1.41. The Morgan fingerprint density at radius 1 is 1.25 bits per heavy atom. The minimum absolute atomic E-state index is 0.0841. The number of hydrogen-bond acceptors (Lipinski definition) is 5. The lowest BCUT2D eigenvalue weighted by atomic mass is 10.1. The number of aromatic nitrogens is 1. The molecule has 1 amide bonds. The van der Waals surface area contributed by atoms with Crippen molar-refractivity contribution in [3.8, 4) is 0 Å². The van der Waals surface area contributed by atoms with Gasteiger partial charge in [0.15, 0.2) is 5.13 Å². The fourth-order valence-corrected chi connectivity index (χ4v) is 3.66. The van der Waals surface area contributed by atoms with E-state index in [2.05, 4.69) is 32.2 Å². The second-order valence-electron chi connectivity index (χ2n) is 6.04. The Bertz CT molecular complexity index is 624. The van der Waals surface area contributed by atoms with Crippen LogP contribution in [0.1, 0.15) is 12.5 Å². The minimum atomic E-state index is -0.0841. The van der Waals surface area contributed by atoms with Crippen molar-refractivity contribution in [1.82, 2.24) is 15.2 Å². The maximum atomic E-state index is 12.4. The van der Waals surface area contributed by atoms with E-state index in [4.69, 9.17) is 0 Å². The smallest absolute Gasteiger partial charge is 0.237 e. The number of rotatable bonds is 6. The molecule has 6 heteroatoms. The Hall–Kier alpha value is -1.92. The first-order valence-corrected chi connectivity index (χ1v) is 9.32. The number of carbonyl (C=O) groups is 1. The molecule has 2 aromatic rings. The Morgan fingerprint density at radius 3 is 2.67 bits per heavy atom. The van der Waals surface area contributed by atoms with E-state index in [9.17, 15) is 4.79 Å². The Labute approximate surface area is 147 Å². The number of nitrogens with one attached hydrogen (secondary N) is 1. The van der Waals surface area contributed by atoms with Gasteiger partial charge in [-0.15, -0.1) is 11.3 Å². The maximum absolute atomic E-state index is 12.4. The molecule has 1 fully saturated rings. The van der Waals surface area contributed by atoms with Gasteiger partial charge in [0.2, 0.25) is 5.91 Å². The second-order valence-corrected chi connectivity index (χ2v) is 6.91. The molecular formula is C18H24N4OS. The summed E-state index contributed by atoms with van der Waals surface area (Å²) in [6.45, 7) is 6.33. The van der Waals surface area contributed by atoms with Gasteiger partial charge in [-0.1, -0.05) is 30.3 Å². The van der Waals surface area contributed by atoms with Crippen LogP contribution in [0.2, 0.25) is 0 Å². The van der Waals surface area contributed by atoms with Crippen molar-refractivity contribution in [2.24, 2.45) is 0 Å². The van der Waals surface area contributed by atoms with E-state index in [-0.39, 0.29) is 11.9 Å². The molecule has 24 heavy (non-hydrogen) atoms. The normalized spacial score (nSPS) is 16.8. The number of nitrogens with zero attached hydrogens (tertiary/aromatic N) is 3. The van der Waals surface area contributed by atoms with Gasteiger partial charge in [0.05, 0.1) is 6.04 Å². The van der Waals surface area contributed by atoms with Gasteiger partial charge in [0.25, 0.3) is 0 Å². The molecule has 3 rings (SSSR count). The SMILES string of the molecule is C[C@@H](C(=O)NCCc1ccccc1)N1CCN(c2nccs2)CC1. The predicted octanol–water partition coefficient (Wildman–Crippen LogP) is 2.01. The molecule has 0 spiro atoms. The zero-order valence-electron chi connectivity index (χ0n) is 14.0. The van der Waals surface area contributed by atoms with Gasteiger partial charge in [-0.2, -0.15) is 0 Å². The first kappa shape index (κ1) is 16.9. The lowest BCUT2D eigenvalue weighted by Gasteiger charge is -2.37. The number of piperazine rings is 1. The highest BCUT2D eigenvalue weighted by Gasteiger charge is 2.26. The van der Waals surface area contributed by atoms with E-state index >= 15 is 0 Å². The van der Waals surface area contributed by atoms with Crippen LogP contribution < -0.4 is 10.2 Å². The van der Waals surface area contributed by atoms with Crippen LogP contribution in [0, 0.1) is 0 Å². The summed E-state index contributed by atoms with van der Waals surface area (Å²) in [6, 6.07) is 10.2. The van der Waals surface area contributed by atoms with Crippen molar-refractivity contribution >= 4 is 22.4 Å². The summed E-state index contributed by atoms with van der Waals surface area (Å²) in [5.41, 5.74) is 1.25. The molecule has 0 bridgehead atoms. The van der Waals surface area contributed by atoms with Crippen molar-refractivity contribution in [2.45, 2.75) is 19.4 Å². The quantitative estimate of drug-likeness (QED) is 0.871. The molecule has 1 atom stereocenters. The predicted molar refractivity (Wildman–Crippen MR) is 98.5 cm³/mol. The molecule has 0 unspecified atom stereocenters. The number of benzene rings is 1. The summed E-state index contributed by atoms with van der Waals surface area (Å²) in [5.74, 6) is 0.119. The molecule has 2 heterocycles. The van der Waals surface area contributed by atoms with Gasteiger partial charge in [-0.05, 0) is 18.9 Å². The number of carbonyl (C=O) groups excluding carboxylic acids is 1. The average molecular weight is 344 g/mol. The van der Waals surface area contributed by atoms with Gasteiger partial charge in [0.1, 0.15) is 0 Å². The number of anilines is 1. The topological polar surface area (TPSA) is 48.5 Å². The minimum Gasteiger partial charge on any atom is -0.354 e. The summed E-state index contributed by atoms with van der Waals surface area (Å²) in [6.07, 6.45) is 2.71. The van der Waals surface area contributed by atoms with Crippen LogP contribution in [0.3, 0.4) is 0 Å². The van der Waals surface area contributed by atoms with E-state index in [0.29, 0.717) is 6.54 Å². The van der Waals surface area contributed by atoms with Gasteiger partial charge in [-0.25, -0.2) is 4.98 Å².